The second kappa shape index (κ2) is 4.89. The molecule has 1 aliphatic rings. The predicted octanol–water partition coefficient (Wildman–Crippen LogP) is 0.896. The number of aryl methyl sites for hydroxylation is 1. The maximum atomic E-state index is 5.10. The zero-order chi connectivity index (χ0) is 13.2. The highest BCUT2D eigenvalue weighted by Crippen LogP contribution is 2.21. The number of aromatic nitrogens is 4. The van der Waals surface area contributed by atoms with Gasteiger partial charge in [-0.05, 0) is 25.5 Å². The van der Waals surface area contributed by atoms with Crippen LogP contribution >= 0.6 is 0 Å². The summed E-state index contributed by atoms with van der Waals surface area (Å²) in [6, 6.07) is 1.75. The summed E-state index contributed by atoms with van der Waals surface area (Å²) in [7, 11) is 1.58. The summed E-state index contributed by atoms with van der Waals surface area (Å²) in [4.78, 5) is 17.4. The van der Waals surface area contributed by atoms with Crippen molar-refractivity contribution in [3.05, 3.63) is 29.3 Å². The number of rotatable bonds is 2. The molecule has 0 atom stereocenters. The van der Waals surface area contributed by atoms with Gasteiger partial charge in [0, 0.05) is 18.3 Å². The molecule has 1 aliphatic heterocycles. The normalized spacial score (nSPS) is 14.0. The Labute approximate surface area is 111 Å². The van der Waals surface area contributed by atoms with Crippen molar-refractivity contribution in [1.82, 2.24) is 25.3 Å². The fourth-order valence-corrected chi connectivity index (χ4v) is 2.23. The molecule has 0 saturated carbocycles. The fourth-order valence-electron chi connectivity index (χ4n) is 2.23. The lowest BCUT2D eigenvalue weighted by atomic mass is 10.0. The first kappa shape index (κ1) is 12.0. The molecule has 0 spiro atoms. The SMILES string of the molecule is COc1cc(-c2nc(C)c3c(n2)CNCC3)ncn1. The van der Waals surface area contributed by atoms with Gasteiger partial charge in [-0.3, -0.25) is 0 Å². The van der Waals surface area contributed by atoms with Gasteiger partial charge in [-0.25, -0.2) is 19.9 Å². The molecule has 98 valence electrons. The van der Waals surface area contributed by atoms with Crippen molar-refractivity contribution in [3.63, 3.8) is 0 Å². The molecule has 1 N–H and O–H groups in total. The lowest BCUT2D eigenvalue weighted by Gasteiger charge is -2.18. The Kier molecular flexibility index (Phi) is 3.08. The number of fused-ring (bicyclic) bond motifs is 1. The van der Waals surface area contributed by atoms with Crippen LogP contribution in [0.25, 0.3) is 11.5 Å². The minimum absolute atomic E-state index is 0.516. The molecule has 0 amide bonds. The summed E-state index contributed by atoms with van der Waals surface area (Å²) in [6.07, 6.45) is 2.44. The molecule has 19 heavy (non-hydrogen) atoms. The Bertz CT molecular complexity index is 614. The van der Waals surface area contributed by atoms with Crippen LogP contribution in [0.2, 0.25) is 0 Å². The molecular formula is C13H15N5O. The Hall–Kier alpha value is -2.08. The quantitative estimate of drug-likeness (QED) is 0.861. The summed E-state index contributed by atoms with van der Waals surface area (Å²) >= 11 is 0. The lowest BCUT2D eigenvalue weighted by molar-refractivity contribution is 0.397. The third-order valence-corrected chi connectivity index (χ3v) is 3.22. The van der Waals surface area contributed by atoms with Crippen molar-refractivity contribution in [2.45, 2.75) is 19.9 Å². The number of hydrogen-bond acceptors (Lipinski definition) is 6. The molecular weight excluding hydrogens is 242 g/mol. The molecule has 0 radical (unpaired) electrons. The van der Waals surface area contributed by atoms with Crippen molar-refractivity contribution < 1.29 is 4.74 Å². The minimum atomic E-state index is 0.516. The molecule has 0 aromatic carbocycles. The molecule has 3 heterocycles. The van der Waals surface area contributed by atoms with Crippen LogP contribution in [0, 0.1) is 6.92 Å². The average molecular weight is 257 g/mol. The molecule has 0 saturated heterocycles. The van der Waals surface area contributed by atoms with Crippen LogP contribution in [0.5, 0.6) is 5.88 Å². The van der Waals surface area contributed by atoms with E-state index in [0.717, 1.165) is 30.9 Å². The zero-order valence-corrected chi connectivity index (χ0v) is 11.0. The van der Waals surface area contributed by atoms with E-state index in [0.29, 0.717) is 17.4 Å². The van der Waals surface area contributed by atoms with Crippen LogP contribution in [0.4, 0.5) is 0 Å². The molecule has 6 heteroatoms. The van der Waals surface area contributed by atoms with Crippen molar-refractivity contribution in [2.75, 3.05) is 13.7 Å². The number of hydrogen-bond donors (Lipinski definition) is 1. The minimum Gasteiger partial charge on any atom is -0.481 e. The number of ether oxygens (including phenoxy) is 1. The molecule has 0 aliphatic carbocycles. The Morgan fingerprint density at radius 2 is 2.16 bits per heavy atom. The van der Waals surface area contributed by atoms with Gasteiger partial charge in [0.05, 0.1) is 12.8 Å². The fraction of sp³-hybridized carbons (Fsp3) is 0.385. The number of nitrogens with zero attached hydrogens (tertiary/aromatic N) is 4. The van der Waals surface area contributed by atoms with E-state index in [2.05, 4.69) is 25.3 Å². The van der Waals surface area contributed by atoms with Crippen molar-refractivity contribution in [2.24, 2.45) is 0 Å². The predicted molar refractivity (Wildman–Crippen MR) is 69.8 cm³/mol. The van der Waals surface area contributed by atoms with E-state index in [-0.39, 0.29) is 0 Å². The third-order valence-electron chi connectivity index (χ3n) is 3.22. The van der Waals surface area contributed by atoms with Crippen molar-refractivity contribution in [3.8, 4) is 17.4 Å². The van der Waals surface area contributed by atoms with Crippen LogP contribution in [0.15, 0.2) is 12.4 Å². The molecule has 6 nitrogen and oxygen atoms in total. The van der Waals surface area contributed by atoms with E-state index in [1.807, 2.05) is 6.92 Å². The highest BCUT2D eigenvalue weighted by atomic mass is 16.5. The monoisotopic (exact) mass is 257 g/mol. The van der Waals surface area contributed by atoms with Crippen LogP contribution in [-0.4, -0.2) is 33.6 Å². The van der Waals surface area contributed by atoms with E-state index in [1.165, 1.54) is 11.9 Å². The van der Waals surface area contributed by atoms with Crippen molar-refractivity contribution >= 4 is 0 Å². The van der Waals surface area contributed by atoms with Gasteiger partial charge in [-0.15, -0.1) is 0 Å². The summed E-state index contributed by atoms with van der Waals surface area (Å²) < 4.78 is 5.10. The van der Waals surface area contributed by atoms with Gasteiger partial charge < -0.3 is 10.1 Å². The summed E-state index contributed by atoms with van der Waals surface area (Å²) in [6.45, 7) is 3.79. The molecule has 0 bridgehead atoms. The van der Waals surface area contributed by atoms with E-state index in [1.54, 1.807) is 13.2 Å². The molecule has 2 aromatic rings. The Balaban J connectivity index is 2.07. The Morgan fingerprint density at radius 3 is 3.00 bits per heavy atom. The van der Waals surface area contributed by atoms with E-state index in [4.69, 9.17) is 4.74 Å². The number of methoxy groups -OCH3 is 1. The lowest BCUT2D eigenvalue weighted by Crippen LogP contribution is -2.26. The third kappa shape index (κ3) is 2.26. The van der Waals surface area contributed by atoms with Gasteiger partial charge in [-0.1, -0.05) is 0 Å². The van der Waals surface area contributed by atoms with Crippen molar-refractivity contribution in [1.29, 1.82) is 0 Å². The van der Waals surface area contributed by atoms with Gasteiger partial charge in [0.2, 0.25) is 5.88 Å². The van der Waals surface area contributed by atoms with Gasteiger partial charge in [-0.2, -0.15) is 0 Å². The maximum Gasteiger partial charge on any atom is 0.216 e. The van der Waals surface area contributed by atoms with E-state index in [9.17, 15) is 0 Å². The van der Waals surface area contributed by atoms with Gasteiger partial charge >= 0.3 is 0 Å². The first-order valence-corrected chi connectivity index (χ1v) is 6.21. The van der Waals surface area contributed by atoms with Gasteiger partial charge in [0.15, 0.2) is 5.82 Å². The molecule has 2 aromatic heterocycles. The topological polar surface area (TPSA) is 72.8 Å². The summed E-state index contributed by atoms with van der Waals surface area (Å²) in [5.41, 5.74) is 4.03. The van der Waals surface area contributed by atoms with Crippen LogP contribution in [0.3, 0.4) is 0 Å². The number of nitrogens with one attached hydrogen (secondary N) is 1. The standard InChI is InChI=1S/C13H15N5O/c1-8-9-3-4-14-6-11(9)18-13(17-8)10-5-12(19-2)16-7-15-10/h5,7,14H,3-4,6H2,1-2H3. The highest BCUT2D eigenvalue weighted by molar-refractivity contribution is 5.51. The molecule has 3 rings (SSSR count). The average Bonchev–Trinajstić information content (AvgIpc) is 2.47. The van der Waals surface area contributed by atoms with E-state index < -0.39 is 0 Å². The van der Waals surface area contributed by atoms with Gasteiger partial charge in [0.25, 0.3) is 0 Å². The maximum absolute atomic E-state index is 5.10. The second-order valence-corrected chi connectivity index (χ2v) is 4.43. The first-order valence-electron chi connectivity index (χ1n) is 6.21. The molecule has 0 unspecified atom stereocenters. The zero-order valence-electron chi connectivity index (χ0n) is 11.0. The summed E-state index contributed by atoms with van der Waals surface area (Å²) in [5, 5.41) is 3.32. The van der Waals surface area contributed by atoms with Gasteiger partial charge in [0.1, 0.15) is 12.0 Å². The smallest absolute Gasteiger partial charge is 0.216 e. The first-order chi connectivity index (χ1) is 9.28. The molecule has 0 fully saturated rings. The van der Waals surface area contributed by atoms with Crippen LogP contribution in [0.1, 0.15) is 17.0 Å². The Morgan fingerprint density at radius 1 is 1.26 bits per heavy atom. The van der Waals surface area contributed by atoms with Crippen LogP contribution in [-0.2, 0) is 13.0 Å². The van der Waals surface area contributed by atoms with Crippen LogP contribution < -0.4 is 10.1 Å². The second-order valence-electron chi connectivity index (χ2n) is 4.43. The largest absolute Gasteiger partial charge is 0.481 e. The highest BCUT2D eigenvalue weighted by Gasteiger charge is 2.16. The summed E-state index contributed by atoms with van der Waals surface area (Å²) in [5.74, 6) is 1.14. The van der Waals surface area contributed by atoms with E-state index >= 15 is 0 Å².